The van der Waals surface area contributed by atoms with Gasteiger partial charge in [-0.1, -0.05) is 41.7 Å². The zero-order valence-electron chi connectivity index (χ0n) is 21.3. The normalized spacial score (nSPS) is 31.4. The molecule has 4 heterocycles. The summed E-state index contributed by atoms with van der Waals surface area (Å²) < 4.78 is 37.0. The molecule has 1 aromatic carbocycles. The number of aliphatic hydroxyl groups is 2. The highest BCUT2D eigenvalue weighted by atomic mass is 32.7. The molecule has 2 aliphatic rings. The third kappa shape index (κ3) is 5.35. The average Bonchev–Trinajstić information content (AvgIpc) is 3.57. The van der Waals surface area contributed by atoms with E-state index in [0.29, 0.717) is 0 Å². The van der Waals surface area contributed by atoms with Gasteiger partial charge in [-0.05, 0) is 19.4 Å². The number of hydrogen-bond acceptors (Lipinski definition) is 13. The van der Waals surface area contributed by atoms with Crippen LogP contribution in [0.1, 0.15) is 31.7 Å². The second-order valence-electron chi connectivity index (χ2n) is 9.37. The van der Waals surface area contributed by atoms with Crippen LogP contribution in [0, 0.1) is 0 Å². The number of methoxy groups -OCH3 is 1. The van der Waals surface area contributed by atoms with Crippen molar-refractivity contribution in [2.75, 3.05) is 25.2 Å². The number of fused-ring (bicyclic) bond motifs is 1. The molecule has 5 N–H and O–H groups in total. The fraction of sp³-hybridized carbons (Fsp3) is 0.478. The molecule has 3 aromatic rings. The minimum atomic E-state index is -3.53. The topological polar surface area (TPSA) is 193 Å². The van der Waals surface area contributed by atoms with Gasteiger partial charge in [0.25, 0.3) is 0 Å². The number of nitrogen functional groups attached to an aromatic ring is 1. The second-order valence-corrected chi connectivity index (χ2v) is 13.7. The zero-order chi connectivity index (χ0) is 27.9. The number of ether oxygens (including phenoxy) is 3. The summed E-state index contributed by atoms with van der Waals surface area (Å²) in [5, 5.41) is 24.7. The number of esters is 1. The van der Waals surface area contributed by atoms with E-state index in [1.54, 1.807) is 6.92 Å². The van der Waals surface area contributed by atoms with Crippen molar-refractivity contribution >= 4 is 41.2 Å². The number of anilines is 1. The Morgan fingerprint density at radius 3 is 2.85 bits per heavy atom. The third-order valence-electron chi connectivity index (χ3n) is 6.59. The van der Waals surface area contributed by atoms with Gasteiger partial charge in [0.05, 0.1) is 20.0 Å². The van der Waals surface area contributed by atoms with E-state index in [4.69, 9.17) is 24.5 Å². The van der Waals surface area contributed by atoms with Crippen LogP contribution in [0.15, 0.2) is 36.7 Å². The molecule has 2 aliphatic heterocycles. The predicted octanol–water partition coefficient (Wildman–Crippen LogP) is 1.56. The standard InChI is InChI=1S/C23H29N6O8PS/c1-12(13-7-5-4-6-8-13)36-20(31)14-10-39-38(33,28-14)35-9-15-17(30)23(2,32)21(37-15)29-11-25-16-18(29)26-22(24)27-19(16)34-3/h4-8,11-12,14-15,17,21,30,32H,9-10H2,1-3H3,(H,28,33)(H2,24,26,27)/t12-,14-,15+,17+,21+,23+,38+/m0/s1. The highest BCUT2D eigenvalue weighted by Crippen LogP contribution is 2.61. The lowest BCUT2D eigenvalue weighted by molar-refractivity contribution is -0.150. The molecule has 210 valence electrons. The highest BCUT2D eigenvalue weighted by molar-refractivity contribution is 8.56. The number of carbonyl (C=O) groups is 1. The molecule has 5 rings (SSSR count). The summed E-state index contributed by atoms with van der Waals surface area (Å²) in [5.41, 5.74) is 5.33. The molecule has 2 saturated heterocycles. The van der Waals surface area contributed by atoms with Gasteiger partial charge in [0.1, 0.15) is 30.0 Å². The summed E-state index contributed by atoms with van der Waals surface area (Å²) in [6, 6.07) is 8.43. The lowest BCUT2D eigenvalue weighted by Gasteiger charge is -2.27. The van der Waals surface area contributed by atoms with Gasteiger partial charge in [-0.2, -0.15) is 9.97 Å². The van der Waals surface area contributed by atoms with Gasteiger partial charge in [0, 0.05) is 5.75 Å². The first-order valence-electron chi connectivity index (χ1n) is 12.0. The molecule has 2 fully saturated rings. The van der Waals surface area contributed by atoms with E-state index in [9.17, 15) is 19.6 Å². The molecule has 14 nitrogen and oxygen atoms in total. The Kier molecular flexibility index (Phi) is 7.59. The molecule has 16 heteroatoms. The van der Waals surface area contributed by atoms with Crippen molar-refractivity contribution in [2.24, 2.45) is 0 Å². The maximum Gasteiger partial charge on any atom is 0.327 e. The van der Waals surface area contributed by atoms with Gasteiger partial charge in [-0.3, -0.25) is 13.9 Å². The molecule has 0 unspecified atom stereocenters. The summed E-state index contributed by atoms with van der Waals surface area (Å²) >= 11 is 0.956. The number of nitrogens with two attached hydrogens (primary N) is 1. The van der Waals surface area contributed by atoms with E-state index in [2.05, 4.69) is 20.0 Å². The SMILES string of the molecule is COc1nc(N)nc2c1ncn2[C@@H]1O[C@H](CO[P@]2(=O)N[C@H](C(=O)O[C@@H](C)c3ccccc3)CS2)[C@@H](O)[C@@]1(C)O. The molecule has 0 saturated carbocycles. The van der Waals surface area contributed by atoms with Crippen LogP contribution in [-0.2, 0) is 23.4 Å². The van der Waals surface area contributed by atoms with Gasteiger partial charge in [-0.15, -0.1) is 0 Å². The lowest BCUT2D eigenvalue weighted by Crippen LogP contribution is -2.44. The van der Waals surface area contributed by atoms with Gasteiger partial charge in [0.2, 0.25) is 11.8 Å². The van der Waals surface area contributed by atoms with Gasteiger partial charge in [0.15, 0.2) is 17.4 Å². The van der Waals surface area contributed by atoms with Crippen LogP contribution in [0.4, 0.5) is 5.95 Å². The maximum absolute atomic E-state index is 13.3. The monoisotopic (exact) mass is 580 g/mol. The molecular formula is C23H29N6O8PS. The summed E-state index contributed by atoms with van der Waals surface area (Å²) in [6.45, 7) is -0.719. The maximum atomic E-state index is 13.3. The molecule has 0 spiro atoms. The molecule has 39 heavy (non-hydrogen) atoms. The molecule has 0 radical (unpaired) electrons. The minimum Gasteiger partial charge on any atom is -0.479 e. The molecule has 0 amide bonds. The Morgan fingerprint density at radius 1 is 1.38 bits per heavy atom. The van der Waals surface area contributed by atoms with E-state index in [-0.39, 0.29) is 35.4 Å². The van der Waals surface area contributed by atoms with E-state index in [1.807, 2.05) is 30.3 Å². The quantitative estimate of drug-likeness (QED) is 0.221. The smallest absolute Gasteiger partial charge is 0.327 e. The van der Waals surface area contributed by atoms with Crippen LogP contribution in [0.25, 0.3) is 11.2 Å². The first-order valence-corrected chi connectivity index (χ1v) is 15.3. The molecule has 0 bridgehead atoms. The highest BCUT2D eigenvalue weighted by Gasteiger charge is 2.54. The Bertz CT molecular complexity index is 1410. The van der Waals surface area contributed by atoms with E-state index < -0.39 is 48.9 Å². The van der Waals surface area contributed by atoms with E-state index >= 15 is 0 Å². The fourth-order valence-electron chi connectivity index (χ4n) is 4.45. The van der Waals surface area contributed by atoms with Crippen molar-refractivity contribution in [1.29, 1.82) is 0 Å². The van der Waals surface area contributed by atoms with Crippen molar-refractivity contribution in [1.82, 2.24) is 24.6 Å². The van der Waals surface area contributed by atoms with Crippen LogP contribution >= 0.6 is 18.1 Å². The number of carbonyl (C=O) groups excluding carboxylic acids is 1. The number of aliphatic hydroxyl groups excluding tert-OH is 1. The lowest BCUT2D eigenvalue weighted by atomic mass is 9.96. The third-order valence-corrected chi connectivity index (χ3v) is 10.6. The van der Waals surface area contributed by atoms with Gasteiger partial charge in [-0.25, -0.2) is 10.1 Å². The number of hydrogen-bond donors (Lipinski definition) is 4. The predicted molar refractivity (Wildman–Crippen MR) is 141 cm³/mol. The number of aromatic nitrogens is 4. The van der Waals surface area contributed by atoms with Crippen molar-refractivity contribution in [3.05, 3.63) is 42.2 Å². The largest absolute Gasteiger partial charge is 0.479 e. The number of imidazole rings is 1. The second kappa shape index (κ2) is 10.7. The average molecular weight is 581 g/mol. The van der Waals surface area contributed by atoms with Crippen LogP contribution in [0.3, 0.4) is 0 Å². The Morgan fingerprint density at radius 2 is 2.13 bits per heavy atom. The van der Waals surface area contributed by atoms with Crippen LogP contribution in [0.2, 0.25) is 0 Å². The number of rotatable bonds is 8. The molecule has 2 aromatic heterocycles. The number of nitrogens with one attached hydrogen (secondary N) is 1. The fourth-order valence-corrected chi connectivity index (χ4v) is 8.33. The summed E-state index contributed by atoms with van der Waals surface area (Å²) in [6.07, 6.45) is -2.75. The summed E-state index contributed by atoms with van der Waals surface area (Å²) in [4.78, 5) is 25.0. The first kappa shape index (κ1) is 27.8. The van der Waals surface area contributed by atoms with Crippen molar-refractivity contribution in [3.63, 3.8) is 0 Å². The van der Waals surface area contributed by atoms with Crippen LogP contribution < -0.4 is 15.6 Å². The van der Waals surface area contributed by atoms with Crippen molar-refractivity contribution in [2.45, 2.75) is 50.0 Å². The van der Waals surface area contributed by atoms with E-state index in [1.165, 1.54) is 24.9 Å². The molecular weight excluding hydrogens is 551 g/mol. The van der Waals surface area contributed by atoms with Crippen molar-refractivity contribution in [3.8, 4) is 5.88 Å². The summed E-state index contributed by atoms with van der Waals surface area (Å²) in [7, 11) is 1.41. The van der Waals surface area contributed by atoms with Gasteiger partial charge >= 0.3 is 12.7 Å². The Hall–Kier alpha value is -2.78. The molecule has 7 atom stereocenters. The zero-order valence-corrected chi connectivity index (χ0v) is 23.0. The van der Waals surface area contributed by atoms with Gasteiger partial charge < -0.3 is 34.7 Å². The van der Waals surface area contributed by atoms with Crippen LogP contribution in [-0.4, -0.2) is 79.0 Å². The minimum absolute atomic E-state index is 0.0761. The molecule has 0 aliphatic carbocycles. The van der Waals surface area contributed by atoms with E-state index in [0.717, 1.165) is 16.9 Å². The first-order chi connectivity index (χ1) is 18.5. The Labute approximate surface area is 227 Å². The Balaban J connectivity index is 1.23. The number of nitrogens with zero attached hydrogens (tertiary/aromatic N) is 4. The van der Waals surface area contributed by atoms with Crippen molar-refractivity contribution < 1.29 is 38.3 Å². The summed E-state index contributed by atoms with van der Waals surface area (Å²) in [5.74, 6) is -0.310. The van der Waals surface area contributed by atoms with Crippen LogP contribution in [0.5, 0.6) is 5.88 Å². The number of benzene rings is 1.